The van der Waals surface area contributed by atoms with Crippen LogP contribution in [0, 0.1) is 0 Å². The summed E-state index contributed by atoms with van der Waals surface area (Å²) in [6.07, 6.45) is 0. The summed E-state index contributed by atoms with van der Waals surface area (Å²) in [5, 5.41) is 9.00. The van der Waals surface area contributed by atoms with Crippen molar-refractivity contribution in [2.75, 3.05) is 7.11 Å². The number of ether oxygens (including phenoxy) is 1. The van der Waals surface area contributed by atoms with E-state index in [2.05, 4.69) is 31.9 Å². The summed E-state index contributed by atoms with van der Waals surface area (Å²) in [6, 6.07) is 3.67. The normalized spacial score (nSPS) is 10.0. The van der Waals surface area contributed by atoms with Gasteiger partial charge in [0, 0.05) is 10.0 Å². The maximum atomic E-state index is 9.00. The Morgan fingerprint density at radius 1 is 1.42 bits per heavy atom. The molecule has 0 saturated carbocycles. The SMILES string of the molecule is COc1ccc(Br)c(CO)c1Br. The fourth-order valence-electron chi connectivity index (χ4n) is 0.879. The Labute approximate surface area is 87.8 Å². The van der Waals surface area contributed by atoms with Crippen LogP contribution in [0.25, 0.3) is 0 Å². The zero-order valence-electron chi connectivity index (χ0n) is 6.47. The molecule has 1 aromatic rings. The minimum atomic E-state index is -0.0155. The molecular formula is C8H8Br2O2. The van der Waals surface area contributed by atoms with Crippen LogP contribution in [0.1, 0.15) is 5.56 Å². The fourth-order valence-corrected chi connectivity index (χ4v) is 2.23. The Morgan fingerprint density at radius 3 is 2.58 bits per heavy atom. The van der Waals surface area contributed by atoms with E-state index >= 15 is 0 Å². The molecule has 0 heterocycles. The molecule has 0 aliphatic carbocycles. The first-order chi connectivity index (χ1) is 5.70. The highest BCUT2D eigenvalue weighted by Crippen LogP contribution is 2.33. The third-order valence-corrected chi connectivity index (χ3v) is 3.14. The molecule has 2 nitrogen and oxygen atoms in total. The van der Waals surface area contributed by atoms with E-state index < -0.39 is 0 Å². The van der Waals surface area contributed by atoms with Crippen LogP contribution in [0.4, 0.5) is 0 Å². The Balaban J connectivity index is 3.24. The van der Waals surface area contributed by atoms with E-state index in [4.69, 9.17) is 9.84 Å². The van der Waals surface area contributed by atoms with E-state index in [0.29, 0.717) is 0 Å². The summed E-state index contributed by atoms with van der Waals surface area (Å²) in [5.41, 5.74) is 0.800. The zero-order valence-corrected chi connectivity index (χ0v) is 9.65. The Hall–Kier alpha value is -0.0600. The van der Waals surface area contributed by atoms with E-state index in [1.165, 1.54) is 0 Å². The van der Waals surface area contributed by atoms with Crippen molar-refractivity contribution in [2.45, 2.75) is 6.61 Å². The van der Waals surface area contributed by atoms with Crippen LogP contribution >= 0.6 is 31.9 Å². The standard InChI is InChI=1S/C8H8Br2O2/c1-12-7-3-2-6(9)5(4-11)8(7)10/h2-3,11H,4H2,1H3. The predicted octanol–water partition coefficient (Wildman–Crippen LogP) is 2.71. The molecule has 0 amide bonds. The van der Waals surface area contributed by atoms with Gasteiger partial charge >= 0.3 is 0 Å². The van der Waals surface area contributed by atoms with Gasteiger partial charge in [-0.3, -0.25) is 0 Å². The van der Waals surface area contributed by atoms with Gasteiger partial charge in [0.05, 0.1) is 18.2 Å². The number of benzene rings is 1. The molecule has 0 aliphatic rings. The maximum Gasteiger partial charge on any atom is 0.133 e. The Kier molecular flexibility index (Phi) is 3.55. The lowest BCUT2D eigenvalue weighted by molar-refractivity contribution is 0.279. The molecule has 1 rings (SSSR count). The molecule has 0 aromatic heterocycles. The molecule has 0 saturated heterocycles. The van der Waals surface area contributed by atoms with Crippen LogP contribution < -0.4 is 4.74 Å². The number of hydrogen-bond acceptors (Lipinski definition) is 2. The first-order valence-corrected chi connectivity index (χ1v) is 4.91. The van der Waals surface area contributed by atoms with Crippen LogP contribution in [-0.2, 0) is 6.61 Å². The van der Waals surface area contributed by atoms with Gasteiger partial charge in [0.1, 0.15) is 5.75 Å². The second-order valence-corrected chi connectivity index (χ2v) is 3.85. The molecule has 12 heavy (non-hydrogen) atoms. The second kappa shape index (κ2) is 4.25. The average Bonchev–Trinajstić information content (AvgIpc) is 2.06. The highest BCUT2D eigenvalue weighted by molar-refractivity contribution is 9.11. The van der Waals surface area contributed by atoms with Crippen molar-refractivity contribution in [2.24, 2.45) is 0 Å². The largest absolute Gasteiger partial charge is 0.496 e. The molecule has 1 aromatic carbocycles. The van der Waals surface area contributed by atoms with Gasteiger partial charge in [-0.1, -0.05) is 15.9 Å². The number of hydrogen-bond donors (Lipinski definition) is 1. The van der Waals surface area contributed by atoms with E-state index in [9.17, 15) is 0 Å². The Bertz CT molecular complexity index is 287. The van der Waals surface area contributed by atoms with Crippen LogP contribution in [-0.4, -0.2) is 12.2 Å². The topological polar surface area (TPSA) is 29.5 Å². The molecule has 0 aliphatic heterocycles. The van der Waals surface area contributed by atoms with Gasteiger partial charge in [-0.05, 0) is 28.1 Å². The van der Waals surface area contributed by atoms with Crippen molar-refractivity contribution in [3.05, 3.63) is 26.6 Å². The van der Waals surface area contributed by atoms with Crippen LogP contribution in [0.15, 0.2) is 21.1 Å². The highest BCUT2D eigenvalue weighted by atomic mass is 79.9. The van der Waals surface area contributed by atoms with Gasteiger partial charge in [0.25, 0.3) is 0 Å². The lowest BCUT2D eigenvalue weighted by Gasteiger charge is -2.08. The zero-order chi connectivity index (χ0) is 9.14. The molecule has 1 N–H and O–H groups in total. The predicted molar refractivity (Wildman–Crippen MR) is 54.3 cm³/mol. The van der Waals surface area contributed by atoms with E-state index in [1.807, 2.05) is 12.1 Å². The maximum absolute atomic E-state index is 9.00. The molecular weight excluding hydrogens is 288 g/mol. The molecule has 0 fully saturated rings. The van der Waals surface area contributed by atoms with Crippen molar-refractivity contribution >= 4 is 31.9 Å². The summed E-state index contributed by atoms with van der Waals surface area (Å²) >= 11 is 6.66. The van der Waals surface area contributed by atoms with Crippen molar-refractivity contribution in [1.29, 1.82) is 0 Å². The van der Waals surface area contributed by atoms with Gasteiger partial charge in [0.15, 0.2) is 0 Å². The Morgan fingerprint density at radius 2 is 2.08 bits per heavy atom. The number of rotatable bonds is 2. The van der Waals surface area contributed by atoms with Crippen molar-refractivity contribution in [3.63, 3.8) is 0 Å². The molecule has 4 heteroatoms. The lowest BCUT2D eigenvalue weighted by Crippen LogP contribution is -1.91. The third-order valence-electron chi connectivity index (χ3n) is 1.53. The summed E-state index contributed by atoms with van der Waals surface area (Å²) in [7, 11) is 1.59. The minimum Gasteiger partial charge on any atom is -0.496 e. The number of methoxy groups -OCH3 is 1. The van der Waals surface area contributed by atoms with E-state index in [1.54, 1.807) is 7.11 Å². The van der Waals surface area contributed by atoms with Crippen LogP contribution in [0.2, 0.25) is 0 Å². The fraction of sp³-hybridized carbons (Fsp3) is 0.250. The first-order valence-electron chi connectivity index (χ1n) is 3.32. The molecule has 0 bridgehead atoms. The van der Waals surface area contributed by atoms with Crippen molar-refractivity contribution in [3.8, 4) is 5.75 Å². The quantitative estimate of drug-likeness (QED) is 0.909. The molecule has 66 valence electrons. The van der Waals surface area contributed by atoms with Gasteiger partial charge < -0.3 is 9.84 Å². The highest BCUT2D eigenvalue weighted by Gasteiger charge is 2.08. The molecule has 0 unspecified atom stereocenters. The summed E-state index contributed by atoms with van der Waals surface area (Å²) in [5.74, 6) is 0.724. The van der Waals surface area contributed by atoms with Crippen molar-refractivity contribution in [1.82, 2.24) is 0 Å². The summed E-state index contributed by atoms with van der Waals surface area (Å²) in [4.78, 5) is 0. The van der Waals surface area contributed by atoms with Gasteiger partial charge in [-0.2, -0.15) is 0 Å². The summed E-state index contributed by atoms with van der Waals surface area (Å²) in [6.45, 7) is -0.0155. The minimum absolute atomic E-state index is 0.0155. The third kappa shape index (κ3) is 1.81. The van der Waals surface area contributed by atoms with Crippen molar-refractivity contribution < 1.29 is 9.84 Å². The van der Waals surface area contributed by atoms with Gasteiger partial charge in [-0.25, -0.2) is 0 Å². The van der Waals surface area contributed by atoms with Crippen LogP contribution in [0.3, 0.4) is 0 Å². The molecule has 0 radical (unpaired) electrons. The average molecular weight is 296 g/mol. The van der Waals surface area contributed by atoms with Gasteiger partial charge in [0.2, 0.25) is 0 Å². The number of aliphatic hydroxyl groups is 1. The van der Waals surface area contributed by atoms with Gasteiger partial charge in [-0.15, -0.1) is 0 Å². The first kappa shape index (κ1) is 10.0. The van der Waals surface area contributed by atoms with E-state index in [0.717, 1.165) is 20.3 Å². The number of aliphatic hydroxyl groups excluding tert-OH is 1. The number of halogens is 2. The van der Waals surface area contributed by atoms with Crippen LogP contribution in [0.5, 0.6) is 5.75 Å². The smallest absolute Gasteiger partial charge is 0.133 e. The van der Waals surface area contributed by atoms with E-state index in [-0.39, 0.29) is 6.61 Å². The monoisotopic (exact) mass is 294 g/mol. The summed E-state index contributed by atoms with van der Waals surface area (Å²) < 4.78 is 6.73. The molecule has 0 atom stereocenters. The lowest BCUT2D eigenvalue weighted by atomic mass is 10.2. The molecule has 0 spiro atoms. The second-order valence-electron chi connectivity index (χ2n) is 2.20.